The van der Waals surface area contributed by atoms with Gasteiger partial charge in [0.25, 0.3) is 0 Å². The van der Waals surface area contributed by atoms with E-state index in [-0.39, 0.29) is 12.1 Å². The number of benzene rings is 3. The third kappa shape index (κ3) is 4.69. The molecule has 158 valence electrons. The van der Waals surface area contributed by atoms with Gasteiger partial charge in [0.15, 0.2) is 0 Å². The van der Waals surface area contributed by atoms with E-state index in [2.05, 4.69) is 21.2 Å². The van der Waals surface area contributed by atoms with E-state index in [1.54, 1.807) is 7.11 Å². The molecule has 0 saturated carbocycles. The number of rotatable bonds is 4. The van der Waals surface area contributed by atoms with Crippen molar-refractivity contribution in [2.75, 3.05) is 17.7 Å². The van der Waals surface area contributed by atoms with Gasteiger partial charge in [-0.2, -0.15) is 5.10 Å². The van der Waals surface area contributed by atoms with Gasteiger partial charge in [-0.25, -0.2) is 10.2 Å². The number of hydrazone groups is 1. The number of hydrogen-bond donors (Lipinski definition) is 3. The van der Waals surface area contributed by atoms with Crippen LogP contribution in [0.3, 0.4) is 0 Å². The average Bonchev–Trinajstić information content (AvgIpc) is 2.79. The van der Waals surface area contributed by atoms with Crippen molar-refractivity contribution in [2.45, 2.75) is 26.3 Å². The number of nitrogens with zero attached hydrogens (tertiary/aromatic N) is 1. The molecule has 2 amide bonds. The van der Waals surface area contributed by atoms with Gasteiger partial charge in [0.05, 0.1) is 18.9 Å². The van der Waals surface area contributed by atoms with Crippen molar-refractivity contribution in [1.29, 1.82) is 0 Å². The van der Waals surface area contributed by atoms with Crippen LogP contribution in [0.1, 0.15) is 34.7 Å². The molecule has 1 atom stereocenters. The monoisotopic (exact) mass is 414 g/mol. The van der Waals surface area contributed by atoms with E-state index in [0.29, 0.717) is 6.42 Å². The second-order valence-corrected chi connectivity index (χ2v) is 7.66. The Hall–Kier alpha value is -3.80. The molecule has 6 heteroatoms. The standard InChI is InChI=1S/C25H26N4O2/c1-16-8-13-21(17(2)14-16)27-25(30)29-28-24-15-23(18-9-11-19(31-3)12-10-18)26-22-7-5-4-6-20(22)24/h4-14,23,26H,15H2,1-3H3,(H2,27,29,30). The summed E-state index contributed by atoms with van der Waals surface area (Å²) in [6.45, 7) is 3.99. The number of fused-ring (bicyclic) bond motifs is 1. The zero-order valence-corrected chi connectivity index (χ0v) is 17.9. The van der Waals surface area contributed by atoms with Gasteiger partial charge in [-0.05, 0) is 49.2 Å². The lowest BCUT2D eigenvalue weighted by atomic mass is 9.92. The third-order valence-corrected chi connectivity index (χ3v) is 5.41. The highest BCUT2D eigenvalue weighted by Crippen LogP contribution is 2.33. The fourth-order valence-electron chi connectivity index (χ4n) is 3.77. The van der Waals surface area contributed by atoms with Crippen LogP contribution >= 0.6 is 0 Å². The number of aryl methyl sites for hydroxylation is 2. The Morgan fingerprint density at radius 3 is 2.58 bits per heavy atom. The highest BCUT2D eigenvalue weighted by molar-refractivity contribution is 6.07. The number of urea groups is 1. The van der Waals surface area contributed by atoms with Crippen molar-refractivity contribution in [3.8, 4) is 5.75 Å². The molecule has 0 radical (unpaired) electrons. The minimum Gasteiger partial charge on any atom is -0.497 e. The van der Waals surface area contributed by atoms with Gasteiger partial charge < -0.3 is 15.4 Å². The van der Waals surface area contributed by atoms with Gasteiger partial charge in [-0.1, -0.05) is 48.0 Å². The lowest BCUT2D eigenvalue weighted by Crippen LogP contribution is -2.29. The Labute approximate surface area is 182 Å². The van der Waals surface area contributed by atoms with Crippen LogP contribution in [0.15, 0.2) is 71.8 Å². The fraction of sp³-hybridized carbons (Fsp3) is 0.200. The summed E-state index contributed by atoms with van der Waals surface area (Å²) in [5.74, 6) is 0.818. The van der Waals surface area contributed by atoms with Crippen molar-refractivity contribution >= 4 is 23.1 Å². The lowest BCUT2D eigenvalue weighted by Gasteiger charge is -2.28. The van der Waals surface area contributed by atoms with Crippen LogP contribution < -0.4 is 20.8 Å². The van der Waals surface area contributed by atoms with E-state index < -0.39 is 0 Å². The zero-order chi connectivity index (χ0) is 21.8. The molecule has 6 nitrogen and oxygen atoms in total. The predicted molar refractivity (Wildman–Crippen MR) is 125 cm³/mol. The number of carbonyl (C=O) groups excluding carboxylic acids is 1. The summed E-state index contributed by atoms with van der Waals surface area (Å²) in [6.07, 6.45) is 0.646. The summed E-state index contributed by atoms with van der Waals surface area (Å²) in [4.78, 5) is 12.5. The van der Waals surface area contributed by atoms with Gasteiger partial charge in [-0.3, -0.25) is 0 Å². The quantitative estimate of drug-likeness (QED) is 0.501. The highest BCUT2D eigenvalue weighted by atomic mass is 16.5. The summed E-state index contributed by atoms with van der Waals surface area (Å²) in [5.41, 5.74) is 9.52. The van der Waals surface area contributed by atoms with Crippen molar-refractivity contribution in [1.82, 2.24) is 5.43 Å². The van der Waals surface area contributed by atoms with Gasteiger partial charge >= 0.3 is 6.03 Å². The number of para-hydroxylation sites is 1. The van der Waals surface area contributed by atoms with Crippen LogP contribution in [0.25, 0.3) is 0 Å². The number of anilines is 2. The topological polar surface area (TPSA) is 74.8 Å². The largest absolute Gasteiger partial charge is 0.497 e. The van der Waals surface area contributed by atoms with E-state index in [0.717, 1.165) is 45.1 Å². The van der Waals surface area contributed by atoms with Gasteiger partial charge in [0.2, 0.25) is 0 Å². The summed E-state index contributed by atoms with van der Waals surface area (Å²) in [6, 6.07) is 21.6. The van der Waals surface area contributed by atoms with Crippen LogP contribution in [-0.2, 0) is 0 Å². The molecular formula is C25H26N4O2. The second kappa shape index (κ2) is 8.92. The molecule has 31 heavy (non-hydrogen) atoms. The molecule has 4 rings (SSSR count). The summed E-state index contributed by atoms with van der Waals surface area (Å²) in [5, 5.41) is 10.9. The molecule has 1 heterocycles. The van der Waals surface area contributed by atoms with Crippen molar-refractivity contribution in [3.05, 3.63) is 89.0 Å². The maximum absolute atomic E-state index is 12.5. The second-order valence-electron chi connectivity index (χ2n) is 7.66. The molecule has 3 aromatic carbocycles. The first-order valence-electron chi connectivity index (χ1n) is 10.2. The van der Waals surface area contributed by atoms with E-state index in [1.807, 2.05) is 80.6 Å². The Bertz CT molecular complexity index is 1120. The van der Waals surface area contributed by atoms with Crippen molar-refractivity contribution < 1.29 is 9.53 Å². The Balaban J connectivity index is 1.53. The number of ether oxygens (including phenoxy) is 1. The zero-order valence-electron chi connectivity index (χ0n) is 17.9. The highest BCUT2D eigenvalue weighted by Gasteiger charge is 2.24. The Morgan fingerprint density at radius 1 is 1.06 bits per heavy atom. The van der Waals surface area contributed by atoms with Crippen LogP contribution in [-0.4, -0.2) is 18.9 Å². The smallest absolute Gasteiger partial charge is 0.339 e. The van der Waals surface area contributed by atoms with Crippen LogP contribution in [0.4, 0.5) is 16.2 Å². The molecule has 3 N–H and O–H groups in total. The van der Waals surface area contributed by atoms with E-state index in [9.17, 15) is 4.79 Å². The summed E-state index contributed by atoms with van der Waals surface area (Å²) in [7, 11) is 1.66. The maximum Gasteiger partial charge on any atom is 0.339 e. The fourth-order valence-corrected chi connectivity index (χ4v) is 3.77. The first-order chi connectivity index (χ1) is 15.0. The SMILES string of the molecule is COc1ccc(C2CC(=NNC(=O)Nc3ccc(C)cc3C)c3ccccc3N2)cc1. The molecule has 0 saturated heterocycles. The minimum absolute atomic E-state index is 0.0451. The molecule has 1 unspecified atom stereocenters. The van der Waals surface area contributed by atoms with Gasteiger partial charge in [0, 0.05) is 23.4 Å². The molecule has 0 aliphatic carbocycles. The number of carbonyl (C=O) groups is 1. The first-order valence-corrected chi connectivity index (χ1v) is 10.2. The molecule has 0 fully saturated rings. The van der Waals surface area contributed by atoms with E-state index >= 15 is 0 Å². The third-order valence-electron chi connectivity index (χ3n) is 5.41. The summed E-state index contributed by atoms with van der Waals surface area (Å²) >= 11 is 0. The molecule has 0 spiro atoms. The van der Waals surface area contributed by atoms with Crippen LogP contribution in [0.2, 0.25) is 0 Å². The van der Waals surface area contributed by atoms with Crippen LogP contribution in [0.5, 0.6) is 5.75 Å². The molecular weight excluding hydrogens is 388 g/mol. The number of nitrogens with one attached hydrogen (secondary N) is 3. The minimum atomic E-state index is -0.364. The van der Waals surface area contributed by atoms with Crippen LogP contribution in [0, 0.1) is 13.8 Å². The molecule has 0 aromatic heterocycles. The summed E-state index contributed by atoms with van der Waals surface area (Å²) < 4.78 is 5.26. The molecule has 3 aromatic rings. The number of hydrogen-bond acceptors (Lipinski definition) is 4. The maximum atomic E-state index is 12.5. The lowest BCUT2D eigenvalue weighted by molar-refractivity contribution is 0.252. The molecule has 1 aliphatic heterocycles. The Kier molecular flexibility index (Phi) is 5.89. The molecule has 0 bridgehead atoms. The van der Waals surface area contributed by atoms with Gasteiger partial charge in [0.1, 0.15) is 5.75 Å². The van der Waals surface area contributed by atoms with Gasteiger partial charge in [-0.15, -0.1) is 0 Å². The Morgan fingerprint density at radius 2 is 1.84 bits per heavy atom. The van der Waals surface area contributed by atoms with Crippen molar-refractivity contribution in [3.63, 3.8) is 0 Å². The predicted octanol–water partition coefficient (Wildman–Crippen LogP) is 5.39. The number of methoxy groups -OCH3 is 1. The van der Waals surface area contributed by atoms with Crippen molar-refractivity contribution in [2.24, 2.45) is 5.10 Å². The average molecular weight is 415 g/mol. The number of amides is 2. The van der Waals surface area contributed by atoms with E-state index in [1.165, 1.54) is 0 Å². The first kappa shape index (κ1) is 20.5. The molecule has 1 aliphatic rings. The normalized spacial score (nSPS) is 16.2. The van der Waals surface area contributed by atoms with E-state index in [4.69, 9.17) is 4.74 Å².